The van der Waals surface area contributed by atoms with Gasteiger partial charge in [0.25, 0.3) is 5.91 Å². The summed E-state index contributed by atoms with van der Waals surface area (Å²) in [7, 11) is 0. The standard InChI is InChI=1S/C25H28N2O2/c1-18(21-14-13-19-8-5-6-11-22(19)16-21)27-24(28)17-26-25(23-12-7-15-29-23)20-9-3-2-4-10-20/h2-4,7,9-10,12-16,18,25-26H,5-6,8,11,17H2,1H3,(H,27,28)/p+1/t18-,25-/m1/s1. The quantitative estimate of drug-likeness (QED) is 0.647. The molecule has 0 aliphatic heterocycles. The highest BCUT2D eigenvalue weighted by Gasteiger charge is 2.22. The Hall–Kier alpha value is -2.85. The minimum atomic E-state index is -0.0315. The van der Waals surface area contributed by atoms with E-state index in [0.29, 0.717) is 6.54 Å². The topological polar surface area (TPSA) is 58.9 Å². The molecule has 150 valence electrons. The summed E-state index contributed by atoms with van der Waals surface area (Å²) in [5, 5.41) is 5.19. The van der Waals surface area contributed by atoms with E-state index >= 15 is 0 Å². The fourth-order valence-corrected chi connectivity index (χ4v) is 4.18. The summed E-state index contributed by atoms with van der Waals surface area (Å²) in [5.41, 5.74) is 5.22. The fraction of sp³-hybridized carbons (Fsp3) is 0.320. The number of amides is 1. The maximum Gasteiger partial charge on any atom is 0.275 e. The zero-order chi connectivity index (χ0) is 20.1. The first-order valence-electron chi connectivity index (χ1n) is 10.5. The molecule has 1 heterocycles. The summed E-state index contributed by atoms with van der Waals surface area (Å²) in [6.07, 6.45) is 6.56. The molecule has 4 rings (SSSR count). The molecule has 29 heavy (non-hydrogen) atoms. The van der Waals surface area contributed by atoms with Crippen LogP contribution in [-0.4, -0.2) is 12.5 Å². The lowest BCUT2D eigenvalue weighted by molar-refractivity contribution is -0.678. The van der Waals surface area contributed by atoms with Crippen molar-refractivity contribution >= 4 is 5.91 Å². The van der Waals surface area contributed by atoms with E-state index in [1.54, 1.807) is 6.26 Å². The molecule has 1 aliphatic rings. The normalized spacial score (nSPS) is 15.3. The highest BCUT2D eigenvalue weighted by Crippen LogP contribution is 2.24. The number of furan rings is 1. The van der Waals surface area contributed by atoms with Gasteiger partial charge >= 0.3 is 0 Å². The number of hydrogen-bond donors (Lipinski definition) is 2. The summed E-state index contributed by atoms with van der Waals surface area (Å²) >= 11 is 0. The van der Waals surface area contributed by atoms with Crippen LogP contribution in [0.5, 0.6) is 0 Å². The van der Waals surface area contributed by atoms with Gasteiger partial charge in [-0.05, 0) is 61.4 Å². The number of nitrogens with one attached hydrogen (secondary N) is 1. The lowest BCUT2D eigenvalue weighted by Crippen LogP contribution is -2.87. The number of benzene rings is 2. The molecule has 2 aromatic carbocycles. The molecule has 0 spiro atoms. The van der Waals surface area contributed by atoms with E-state index in [0.717, 1.165) is 17.7 Å². The second-order valence-electron chi connectivity index (χ2n) is 7.87. The van der Waals surface area contributed by atoms with E-state index in [4.69, 9.17) is 4.42 Å². The van der Waals surface area contributed by atoms with Crippen molar-refractivity contribution in [3.63, 3.8) is 0 Å². The van der Waals surface area contributed by atoms with Crippen molar-refractivity contribution < 1.29 is 14.5 Å². The molecule has 3 N–H and O–H groups in total. The van der Waals surface area contributed by atoms with Gasteiger partial charge in [0.15, 0.2) is 18.3 Å². The first-order valence-corrected chi connectivity index (χ1v) is 10.5. The number of aryl methyl sites for hydroxylation is 2. The minimum absolute atomic E-state index is 0.00177. The van der Waals surface area contributed by atoms with E-state index in [-0.39, 0.29) is 18.0 Å². The van der Waals surface area contributed by atoms with Gasteiger partial charge in [0.1, 0.15) is 0 Å². The molecule has 1 amide bonds. The molecular formula is C25H29N2O2+. The lowest BCUT2D eigenvalue weighted by Gasteiger charge is -2.20. The molecule has 0 fully saturated rings. The van der Waals surface area contributed by atoms with Gasteiger partial charge in [-0.25, -0.2) is 0 Å². The number of nitrogens with two attached hydrogens (primary N) is 1. The molecule has 1 aliphatic carbocycles. The van der Waals surface area contributed by atoms with Crippen LogP contribution in [0.2, 0.25) is 0 Å². The first kappa shape index (κ1) is 19.5. The third-order valence-electron chi connectivity index (χ3n) is 5.80. The lowest BCUT2D eigenvalue weighted by atomic mass is 9.89. The van der Waals surface area contributed by atoms with Gasteiger partial charge in [0.2, 0.25) is 0 Å². The molecule has 0 bridgehead atoms. The summed E-state index contributed by atoms with van der Waals surface area (Å²) in [6, 6.07) is 20.6. The third-order valence-corrected chi connectivity index (χ3v) is 5.80. The number of fused-ring (bicyclic) bond motifs is 1. The van der Waals surface area contributed by atoms with Gasteiger partial charge in [0.05, 0.1) is 12.3 Å². The minimum Gasteiger partial charge on any atom is -0.463 e. The Kier molecular flexibility index (Phi) is 6.11. The van der Waals surface area contributed by atoms with Crippen molar-refractivity contribution in [2.75, 3.05) is 6.54 Å². The highest BCUT2D eigenvalue weighted by atomic mass is 16.3. The van der Waals surface area contributed by atoms with E-state index in [2.05, 4.69) is 42.6 Å². The average molecular weight is 390 g/mol. The van der Waals surface area contributed by atoms with E-state index in [1.165, 1.54) is 36.0 Å². The number of carbonyl (C=O) groups is 1. The second kappa shape index (κ2) is 9.10. The van der Waals surface area contributed by atoms with Crippen molar-refractivity contribution in [1.29, 1.82) is 0 Å². The Morgan fingerprint density at radius 2 is 1.79 bits per heavy atom. The van der Waals surface area contributed by atoms with Crippen molar-refractivity contribution in [2.45, 2.75) is 44.7 Å². The SMILES string of the molecule is C[C@@H](NC(=O)C[NH2+][C@H](c1ccccc1)c1ccco1)c1ccc2c(c1)CCCC2. The molecule has 0 saturated heterocycles. The van der Waals surface area contributed by atoms with E-state index < -0.39 is 0 Å². The molecule has 2 atom stereocenters. The number of rotatable bonds is 7. The van der Waals surface area contributed by atoms with Gasteiger partial charge in [-0.15, -0.1) is 0 Å². The Labute approximate surface area is 172 Å². The molecule has 0 saturated carbocycles. The highest BCUT2D eigenvalue weighted by molar-refractivity contribution is 5.77. The summed E-state index contributed by atoms with van der Waals surface area (Å²) in [6.45, 7) is 2.40. The summed E-state index contributed by atoms with van der Waals surface area (Å²) in [5.74, 6) is 0.884. The third kappa shape index (κ3) is 4.77. The number of quaternary nitrogens is 1. The van der Waals surface area contributed by atoms with Gasteiger partial charge in [-0.3, -0.25) is 4.79 Å². The van der Waals surface area contributed by atoms with Gasteiger partial charge in [-0.1, -0.05) is 48.5 Å². The van der Waals surface area contributed by atoms with E-state index in [9.17, 15) is 4.79 Å². The smallest absolute Gasteiger partial charge is 0.275 e. The van der Waals surface area contributed by atoms with Crippen LogP contribution in [0.4, 0.5) is 0 Å². The Bertz CT molecular complexity index is 935. The number of hydrogen-bond acceptors (Lipinski definition) is 2. The van der Waals surface area contributed by atoms with Crippen LogP contribution < -0.4 is 10.6 Å². The monoisotopic (exact) mass is 389 g/mol. The zero-order valence-electron chi connectivity index (χ0n) is 16.9. The molecule has 4 nitrogen and oxygen atoms in total. The van der Waals surface area contributed by atoms with Gasteiger partial charge in [0, 0.05) is 5.56 Å². The van der Waals surface area contributed by atoms with Crippen LogP contribution in [-0.2, 0) is 17.6 Å². The first-order chi connectivity index (χ1) is 14.2. The predicted octanol–water partition coefficient (Wildman–Crippen LogP) is 3.69. The van der Waals surface area contributed by atoms with E-state index in [1.807, 2.05) is 35.6 Å². The molecule has 3 aromatic rings. The van der Waals surface area contributed by atoms with Crippen LogP contribution >= 0.6 is 0 Å². The Morgan fingerprint density at radius 1 is 1.00 bits per heavy atom. The largest absolute Gasteiger partial charge is 0.463 e. The van der Waals surface area contributed by atoms with Crippen molar-refractivity contribution in [3.8, 4) is 0 Å². The zero-order valence-corrected chi connectivity index (χ0v) is 16.9. The van der Waals surface area contributed by atoms with Gasteiger partial charge in [-0.2, -0.15) is 0 Å². The van der Waals surface area contributed by atoms with Crippen LogP contribution in [0.1, 0.15) is 59.9 Å². The van der Waals surface area contributed by atoms with Crippen molar-refractivity contribution in [1.82, 2.24) is 5.32 Å². The van der Waals surface area contributed by atoms with Crippen LogP contribution in [0.25, 0.3) is 0 Å². The Balaban J connectivity index is 1.38. The molecule has 0 unspecified atom stereocenters. The molecular weight excluding hydrogens is 360 g/mol. The molecule has 0 radical (unpaired) electrons. The van der Waals surface area contributed by atoms with Crippen LogP contribution in [0.15, 0.2) is 71.3 Å². The summed E-state index contributed by atoms with van der Waals surface area (Å²) in [4.78, 5) is 12.6. The fourth-order valence-electron chi connectivity index (χ4n) is 4.18. The van der Waals surface area contributed by atoms with Crippen molar-refractivity contribution in [3.05, 3.63) is 94.9 Å². The van der Waals surface area contributed by atoms with Crippen LogP contribution in [0, 0.1) is 0 Å². The second-order valence-corrected chi connectivity index (χ2v) is 7.87. The predicted molar refractivity (Wildman–Crippen MR) is 113 cm³/mol. The molecule has 1 aromatic heterocycles. The van der Waals surface area contributed by atoms with Crippen molar-refractivity contribution in [2.24, 2.45) is 0 Å². The molecule has 4 heteroatoms. The van der Waals surface area contributed by atoms with Crippen LogP contribution in [0.3, 0.4) is 0 Å². The number of carbonyl (C=O) groups excluding carboxylic acids is 1. The summed E-state index contributed by atoms with van der Waals surface area (Å²) < 4.78 is 5.62. The Morgan fingerprint density at radius 3 is 2.55 bits per heavy atom. The maximum atomic E-state index is 12.6. The van der Waals surface area contributed by atoms with Gasteiger partial charge < -0.3 is 15.1 Å². The maximum absolute atomic E-state index is 12.6. The average Bonchev–Trinajstić information content (AvgIpc) is 3.29.